The van der Waals surface area contributed by atoms with Crippen LogP contribution in [0, 0.1) is 17.7 Å². The predicted molar refractivity (Wildman–Crippen MR) is 151 cm³/mol. The van der Waals surface area contributed by atoms with E-state index in [-0.39, 0.29) is 5.82 Å². The van der Waals surface area contributed by atoms with Gasteiger partial charge in [-0.3, -0.25) is 4.90 Å². The van der Waals surface area contributed by atoms with Crippen LogP contribution in [0.1, 0.15) is 37.0 Å². The zero-order chi connectivity index (χ0) is 25.6. The van der Waals surface area contributed by atoms with Gasteiger partial charge in [-0.2, -0.15) is 0 Å². The van der Waals surface area contributed by atoms with Crippen molar-refractivity contribution < 1.29 is 9.13 Å². The Morgan fingerprint density at radius 1 is 1.05 bits per heavy atom. The average molecular weight is 535 g/mol. The van der Waals surface area contributed by atoms with Crippen LogP contribution in [0.15, 0.2) is 30.5 Å². The van der Waals surface area contributed by atoms with E-state index in [1.165, 1.54) is 43.0 Å². The molecule has 0 spiro atoms. The number of thiophene rings is 1. The number of rotatable bonds is 6. The first-order valence-electron chi connectivity index (χ1n) is 14.0. The fraction of sp³-hybridized carbons (Fsp3) is 0.517. The summed E-state index contributed by atoms with van der Waals surface area (Å²) in [5.74, 6) is 2.44. The van der Waals surface area contributed by atoms with Gasteiger partial charge in [-0.1, -0.05) is 6.42 Å². The Balaban J connectivity index is 1.19. The largest absolute Gasteiger partial charge is 0.378 e. The normalized spacial score (nSPS) is 20.8. The molecule has 0 amide bonds. The molecule has 9 heteroatoms. The van der Waals surface area contributed by atoms with Crippen molar-refractivity contribution in [3.63, 3.8) is 0 Å². The lowest BCUT2D eigenvalue weighted by Gasteiger charge is -2.40. The summed E-state index contributed by atoms with van der Waals surface area (Å²) in [5, 5.41) is 0.802. The van der Waals surface area contributed by atoms with Crippen LogP contribution in [0.5, 0.6) is 0 Å². The minimum absolute atomic E-state index is 0.303. The maximum Gasteiger partial charge on any atom is 0.165 e. The number of likely N-dealkylation sites (tertiary alicyclic amines) is 1. The summed E-state index contributed by atoms with van der Waals surface area (Å²) in [6.07, 6.45) is 8.20. The molecule has 1 aromatic carbocycles. The number of H-pyrrole nitrogens is 1. The number of halogens is 1. The molecule has 38 heavy (non-hydrogen) atoms. The van der Waals surface area contributed by atoms with Crippen LogP contribution >= 0.6 is 11.3 Å². The third-order valence-electron chi connectivity index (χ3n) is 8.87. The highest BCUT2D eigenvalue weighted by Gasteiger charge is 2.32. The van der Waals surface area contributed by atoms with Gasteiger partial charge in [0.2, 0.25) is 0 Å². The summed E-state index contributed by atoms with van der Waals surface area (Å²) >= 11 is 1.78. The summed E-state index contributed by atoms with van der Waals surface area (Å²) < 4.78 is 21.9. The fourth-order valence-electron chi connectivity index (χ4n) is 6.40. The molecule has 3 aliphatic rings. The van der Waals surface area contributed by atoms with E-state index in [4.69, 9.17) is 20.4 Å². The van der Waals surface area contributed by atoms with Gasteiger partial charge in [0.15, 0.2) is 11.6 Å². The Morgan fingerprint density at radius 2 is 1.84 bits per heavy atom. The van der Waals surface area contributed by atoms with Crippen molar-refractivity contribution in [1.29, 1.82) is 0 Å². The van der Waals surface area contributed by atoms with Gasteiger partial charge < -0.3 is 20.4 Å². The molecule has 3 aromatic heterocycles. The number of anilines is 1. The number of fused-ring (bicyclic) bond motifs is 2. The molecule has 3 fully saturated rings. The van der Waals surface area contributed by atoms with E-state index < -0.39 is 0 Å². The Kier molecular flexibility index (Phi) is 6.55. The first-order chi connectivity index (χ1) is 18.6. The summed E-state index contributed by atoms with van der Waals surface area (Å²) in [7, 11) is 0. The number of ether oxygens (including phenoxy) is 1. The summed E-state index contributed by atoms with van der Waals surface area (Å²) in [5.41, 5.74) is 8.85. The summed E-state index contributed by atoms with van der Waals surface area (Å²) in [6.45, 7) is 5.96. The second-order valence-electron chi connectivity index (χ2n) is 11.1. The lowest BCUT2D eigenvalue weighted by Crippen LogP contribution is -2.45. The maximum absolute atomic E-state index is 15.2. The monoisotopic (exact) mass is 534 g/mol. The lowest BCUT2D eigenvalue weighted by atomic mass is 9.73. The van der Waals surface area contributed by atoms with Gasteiger partial charge in [-0.25, -0.2) is 14.4 Å². The van der Waals surface area contributed by atoms with Crippen molar-refractivity contribution in [3.05, 3.63) is 41.2 Å². The van der Waals surface area contributed by atoms with Crippen LogP contribution in [-0.4, -0.2) is 65.3 Å². The highest BCUT2D eigenvalue weighted by molar-refractivity contribution is 7.19. The van der Waals surface area contributed by atoms with Crippen molar-refractivity contribution >= 4 is 38.3 Å². The molecule has 200 valence electrons. The van der Waals surface area contributed by atoms with E-state index in [1.54, 1.807) is 17.4 Å². The number of aromatic amines is 1. The molecule has 2 aliphatic heterocycles. The van der Waals surface area contributed by atoms with Gasteiger partial charge >= 0.3 is 0 Å². The number of benzene rings is 1. The minimum Gasteiger partial charge on any atom is -0.378 e. The maximum atomic E-state index is 15.2. The van der Waals surface area contributed by atoms with E-state index in [0.717, 1.165) is 65.6 Å². The van der Waals surface area contributed by atoms with Crippen LogP contribution in [-0.2, 0) is 11.3 Å². The van der Waals surface area contributed by atoms with Crippen LogP contribution in [0.25, 0.3) is 32.5 Å². The molecule has 0 bridgehead atoms. The fourth-order valence-corrected chi connectivity index (χ4v) is 7.56. The Bertz CT molecular complexity index is 1430. The molecule has 7 nitrogen and oxygen atoms in total. The molecular formula is C29H35FN6OS. The highest BCUT2D eigenvalue weighted by atomic mass is 32.1. The molecule has 5 heterocycles. The third-order valence-corrected chi connectivity index (χ3v) is 9.98. The number of nitrogens with two attached hydrogens (primary N) is 1. The molecule has 1 atom stereocenters. The van der Waals surface area contributed by atoms with Crippen LogP contribution < -0.4 is 10.6 Å². The average Bonchev–Trinajstić information content (AvgIpc) is 3.54. The number of nitrogens with one attached hydrogen (secondary N) is 1. The van der Waals surface area contributed by atoms with Crippen molar-refractivity contribution in [2.45, 2.75) is 44.7 Å². The van der Waals surface area contributed by atoms with E-state index in [0.29, 0.717) is 36.6 Å². The number of aromatic nitrogens is 3. The zero-order valence-electron chi connectivity index (χ0n) is 21.7. The van der Waals surface area contributed by atoms with E-state index in [9.17, 15) is 0 Å². The Morgan fingerprint density at radius 3 is 2.61 bits per heavy atom. The number of piperidine rings is 1. The number of hydrogen-bond acceptors (Lipinski definition) is 7. The molecule has 1 unspecified atom stereocenters. The van der Waals surface area contributed by atoms with Gasteiger partial charge in [0, 0.05) is 47.7 Å². The Hall–Kier alpha value is -2.59. The van der Waals surface area contributed by atoms with Crippen LogP contribution in [0.4, 0.5) is 10.2 Å². The summed E-state index contributed by atoms with van der Waals surface area (Å²) in [6, 6.07) is 7.73. The third kappa shape index (κ3) is 4.49. The SMILES string of the molecule is NC(C1CCC1)C1CCN(Cc2cc3nc(-c4c(F)ccc5[nH]ccc45)nc(N4CCOCC4)c3s2)CC1. The molecule has 0 radical (unpaired) electrons. The molecule has 7 rings (SSSR count). The van der Waals surface area contributed by atoms with Crippen LogP contribution in [0.2, 0.25) is 0 Å². The van der Waals surface area contributed by atoms with Gasteiger partial charge in [-0.15, -0.1) is 11.3 Å². The molecule has 3 N–H and O–H groups in total. The number of morpholine rings is 1. The van der Waals surface area contributed by atoms with Crippen molar-refractivity contribution in [1.82, 2.24) is 19.9 Å². The first kappa shape index (κ1) is 24.5. The zero-order valence-corrected chi connectivity index (χ0v) is 22.5. The first-order valence-corrected chi connectivity index (χ1v) is 14.8. The smallest absolute Gasteiger partial charge is 0.165 e. The molecule has 2 saturated heterocycles. The highest BCUT2D eigenvalue weighted by Crippen LogP contribution is 2.38. The second kappa shape index (κ2) is 10.2. The van der Waals surface area contributed by atoms with E-state index in [2.05, 4.69) is 20.9 Å². The number of nitrogens with zero attached hydrogens (tertiary/aromatic N) is 4. The molecule has 1 saturated carbocycles. The van der Waals surface area contributed by atoms with E-state index >= 15 is 4.39 Å². The van der Waals surface area contributed by atoms with Crippen molar-refractivity contribution in [2.75, 3.05) is 44.3 Å². The van der Waals surface area contributed by atoms with Gasteiger partial charge in [0.25, 0.3) is 0 Å². The van der Waals surface area contributed by atoms with Crippen molar-refractivity contribution in [3.8, 4) is 11.4 Å². The second-order valence-corrected chi connectivity index (χ2v) is 12.3. The van der Waals surface area contributed by atoms with Crippen LogP contribution in [0.3, 0.4) is 0 Å². The topological polar surface area (TPSA) is 83.3 Å². The standard InChI is InChI=1S/C29H35FN6OS/c30-22-4-5-23-21(6-9-32-23)25(22)28-33-24-16-20(38-27(24)29(34-28)36-12-14-37-15-13-36)17-35-10-7-19(8-11-35)26(31)18-2-1-3-18/h4-6,9,16,18-19,26,32H,1-3,7-8,10-15,17,31H2. The van der Waals surface area contributed by atoms with Gasteiger partial charge in [0.05, 0.1) is 29.0 Å². The van der Waals surface area contributed by atoms with Gasteiger partial charge in [0.1, 0.15) is 5.82 Å². The molecule has 4 aromatic rings. The lowest BCUT2D eigenvalue weighted by molar-refractivity contribution is 0.122. The van der Waals surface area contributed by atoms with Crippen molar-refractivity contribution in [2.24, 2.45) is 17.6 Å². The Labute approximate surface area is 226 Å². The molecule has 1 aliphatic carbocycles. The number of hydrogen-bond donors (Lipinski definition) is 2. The summed E-state index contributed by atoms with van der Waals surface area (Å²) in [4.78, 5) is 19.2. The predicted octanol–water partition coefficient (Wildman–Crippen LogP) is 5.15. The molecular weight excluding hydrogens is 499 g/mol. The minimum atomic E-state index is -0.303. The van der Waals surface area contributed by atoms with Gasteiger partial charge in [-0.05, 0) is 74.9 Å². The van der Waals surface area contributed by atoms with E-state index in [1.807, 2.05) is 12.3 Å². The quantitative estimate of drug-likeness (QED) is 0.356.